The molecule has 0 aliphatic carbocycles. The zero-order valence-corrected chi connectivity index (χ0v) is 9.07. The smallest absolute Gasteiger partial charge is 0.390 e. The van der Waals surface area contributed by atoms with Gasteiger partial charge in [0, 0.05) is 18.7 Å². The Morgan fingerprint density at radius 2 is 2.00 bits per heavy atom. The van der Waals surface area contributed by atoms with Crippen LogP contribution in [0.25, 0.3) is 0 Å². The molecule has 0 unspecified atom stereocenters. The highest BCUT2D eigenvalue weighted by atomic mass is 35.5. The van der Waals surface area contributed by atoms with Crippen molar-refractivity contribution >= 4 is 11.6 Å². The summed E-state index contributed by atoms with van der Waals surface area (Å²) in [6, 6.07) is 4.74. The minimum atomic E-state index is -4.16. The van der Waals surface area contributed by atoms with Crippen LogP contribution in [0.15, 0.2) is 18.2 Å². The number of hydrogen-bond donors (Lipinski definition) is 2. The SMILES string of the molecule is Oc1c(Cl)cccc1CNCCC(F)(F)F. The third-order valence-electron chi connectivity index (χ3n) is 1.97. The van der Waals surface area contributed by atoms with E-state index in [4.69, 9.17) is 11.6 Å². The van der Waals surface area contributed by atoms with Crippen LogP contribution >= 0.6 is 11.6 Å². The van der Waals surface area contributed by atoms with Crippen molar-refractivity contribution in [1.82, 2.24) is 5.32 Å². The molecule has 0 atom stereocenters. The first-order valence-electron chi connectivity index (χ1n) is 4.64. The number of nitrogens with one attached hydrogen (secondary N) is 1. The van der Waals surface area contributed by atoms with E-state index in [0.29, 0.717) is 5.56 Å². The summed E-state index contributed by atoms with van der Waals surface area (Å²) >= 11 is 5.64. The molecule has 0 aliphatic rings. The Kier molecular flexibility index (Phi) is 4.44. The Balaban J connectivity index is 2.41. The highest BCUT2D eigenvalue weighted by Crippen LogP contribution is 2.26. The lowest BCUT2D eigenvalue weighted by molar-refractivity contribution is -0.133. The standard InChI is InChI=1S/C10H11ClF3NO/c11-8-3-1-2-7(9(8)16)6-15-5-4-10(12,13)14/h1-3,15-16H,4-6H2. The predicted molar refractivity (Wildman–Crippen MR) is 55.5 cm³/mol. The molecule has 16 heavy (non-hydrogen) atoms. The number of benzene rings is 1. The first kappa shape index (κ1) is 13.1. The van der Waals surface area contributed by atoms with Gasteiger partial charge in [0.05, 0.1) is 11.4 Å². The fourth-order valence-corrected chi connectivity index (χ4v) is 1.35. The van der Waals surface area contributed by atoms with Crippen molar-refractivity contribution in [2.45, 2.75) is 19.1 Å². The van der Waals surface area contributed by atoms with Gasteiger partial charge in [0.2, 0.25) is 0 Å². The summed E-state index contributed by atoms with van der Waals surface area (Å²) in [6.07, 6.45) is -5.06. The largest absolute Gasteiger partial charge is 0.506 e. The number of rotatable bonds is 4. The Morgan fingerprint density at radius 3 is 2.62 bits per heavy atom. The van der Waals surface area contributed by atoms with Crippen molar-refractivity contribution in [1.29, 1.82) is 0 Å². The van der Waals surface area contributed by atoms with Crippen molar-refractivity contribution in [2.24, 2.45) is 0 Å². The molecule has 0 saturated heterocycles. The first-order valence-corrected chi connectivity index (χ1v) is 5.02. The molecule has 0 spiro atoms. The molecule has 0 heterocycles. The van der Waals surface area contributed by atoms with Gasteiger partial charge < -0.3 is 10.4 Å². The van der Waals surface area contributed by atoms with Crippen LogP contribution in [0.2, 0.25) is 5.02 Å². The first-order chi connectivity index (χ1) is 7.40. The van der Waals surface area contributed by atoms with E-state index in [1.807, 2.05) is 0 Å². The van der Waals surface area contributed by atoms with E-state index < -0.39 is 12.6 Å². The number of para-hydroxylation sites is 1. The lowest BCUT2D eigenvalue weighted by atomic mass is 10.2. The van der Waals surface area contributed by atoms with Crippen LogP contribution in [0.5, 0.6) is 5.75 Å². The van der Waals surface area contributed by atoms with Gasteiger partial charge in [0.25, 0.3) is 0 Å². The van der Waals surface area contributed by atoms with Gasteiger partial charge in [0.1, 0.15) is 5.75 Å². The Morgan fingerprint density at radius 1 is 1.31 bits per heavy atom. The number of halogens is 4. The Bertz CT molecular complexity index is 354. The molecule has 1 rings (SSSR count). The summed E-state index contributed by atoms with van der Waals surface area (Å²) in [7, 11) is 0. The fraction of sp³-hybridized carbons (Fsp3) is 0.400. The van der Waals surface area contributed by atoms with Crippen LogP contribution in [0.4, 0.5) is 13.2 Å². The molecule has 90 valence electrons. The number of alkyl halides is 3. The molecule has 0 fully saturated rings. The summed E-state index contributed by atoms with van der Waals surface area (Å²) in [5, 5.41) is 12.2. The van der Waals surface area contributed by atoms with E-state index in [1.54, 1.807) is 12.1 Å². The molecule has 2 N–H and O–H groups in total. The maximum absolute atomic E-state index is 11.8. The normalized spacial score (nSPS) is 11.8. The lowest BCUT2D eigenvalue weighted by Gasteiger charge is -2.09. The van der Waals surface area contributed by atoms with Gasteiger partial charge in [-0.2, -0.15) is 13.2 Å². The van der Waals surface area contributed by atoms with Gasteiger partial charge in [0.15, 0.2) is 0 Å². The second-order valence-corrected chi connectivity index (χ2v) is 3.70. The molecule has 0 aromatic heterocycles. The van der Waals surface area contributed by atoms with Gasteiger partial charge in [-0.25, -0.2) is 0 Å². The molecule has 1 aromatic rings. The van der Waals surface area contributed by atoms with Crippen LogP contribution in [0.1, 0.15) is 12.0 Å². The van der Waals surface area contributed by atoms with Gasteiger partial charge in [-0.15, -0.1) is 0 Å². The third-order valence-corrected chi connectivity index (χ3v) is 2.28. The molecule has 2 nitrogen and oxygen atoms in total. The average Bonchev–Trinajstić information content (AvgIpc) is 2.17. The second-order valence-electron chi connectivity index (χ2n) is 3.29. The molecular formula is C10H11ClF3NO. The maximum atomic E-state index is 11.8. The van der Waals surface area contributed by atoms with Gasteiger partial charge >= 0.3 is 6.18 Å². The van der Waals surface area contributed by atoms with Crippen molar-refractivity contribution in [3.05, 3.63) is 28.8 Å². The number of phenolic OH excluding ortho intramolecular Hbond substituents is 1. The summed E-state index contributed by atoms with van der Waals surface area (Å²) in [6.45, 7) is -0.0298. The zero-order valence-electron chi connectivity index (χ0n) is 8.31. The fourth-order valence-electron chi connectivity index (χ4n) is 1.16. The molecule has 0 amide bonds. The zero-order chi connectivity index (χ0) is 12.2. The highest BCUT2D eigenvalue weighted by Gasteiger charge is 2.25. The van der Waals surface area contributed by atoms with Crippen molar-refractivity contribution in [3.63, 3.8) is 0 Å². The van der Waals surface area contributed by atoms with E-state index in [0.717, 1.165) is 0 Å². The minimum absolute atomic E-state index is 0.0938. The molecule has 0 aliphatic heterocycles. The van der Waals surface area contributed by atoms with Crippen molar-refractivity contribution in [2.75, 3.05) is 6.54 Å². The third kappa shape index (κ3) is 4.28. The molecule has 1 aromatic carbocycles. The Labute approximate surface area is 96.0 Å². The van der Waals surface area contributed by atoms with E-state index >= 15 is 0 Å². The van der Waals surface area contributed by atoms with Crippen molar-refractivity contribution < 1.29 is 18.3 Å². The van der Waals surface area contributed by atoms with Crippen LogP contribution in [0, 0.1) is 0 Å². The van der Waals surface area contributed by atoms with Gasteiger partial charge in [-0.1, -0.05) is 23.7 Å². The summed E-state index contributed by atoms with van der Waals surface area (Å²) in [5.41, 5.74) is 0.481. The topological polar surface area (TPSA) is 32.3 Å². The molecular weight excluding hydrogens is 243 g/mol. The van der Waals surface area contributed by atoms with E-state index in [2.05, 4.69) is 5.32 Å². The van der Waals surface area contributed by atoms with Crippen LogP contribution in [-0.2, 0) is 6.54 Å². The van der Waals surface area contributed by atoms with Crippen molar-refractivity contribution in [3.8, 4) is 5.75 Å². The van der Waals surface area contributed by atoms with Crippen LogP contribution < -0.4 is 5.32 Å². The van der Waals surface area contributed by atoms with E-state index in [-0.39, 0.29) is 23.9 Å². The Hall–Kier alpha value is -0.940. The van der Waals surface area contributed by atoms with Gasteiger partial charge in [-0.3, -0.25) is 0 Å². The summed E-state index contributed by atoms with van der Waals surface area (Å²) in [5.74, 6) is -0.0938. The monoisotopic (exact) mass is 253 g/mol. The van der Waals surface area contributed by atoms with Crippen LogP contribution in [0.3, 0.4) is 0 Å². The summed E-state index contributed by atoms with van der Waals surface area (Å²) in [4.78, 5) is 0. The van der Waals surface area contributed by atoms with E-state index in [1.165, 1.54) is 6.07 Å². The maximum Gasteiger partial charge on any atom is 0.390 e. The molecule has 0 bridgehead atoms. The highest BCUT2D eigenvalue weighted by molar-refractivity contribution is 6.32. The van der Waals surface area contributed by atoms with Crippen LogP contribution in [-0.4, -0.2) is 17.8 Å². The quantitative estimate of drug-likeness (QED) is 0.809. The number of hydrogen-bond acceptors (Lipinski definition) is 2. The molecule has 0 radical (unpaired) electrons. The minimum Gasteiger partial charge on any atom is -0.506 e. The number of aromatic hydroxyl groups is 1. The van der Waals surface area contributed by atoms with Gasteiger partial charge in [-0.05, 0) is 6.07 Å². The average molecular weight is 254 g/mol. The molecule has 0 saturated carbocycles. The molecule has 6 heteroatoms. The predicted octanol–water partition coefficient (Wildman–Crippen LogP) is 3.09. The second kappa shape index (κ2) is 5.41. The van der Waals surface area contributed by atoms with E-state index in [9.17, 15) is 18.3 Å². The number of phenols is 1. The summed E-state index contributed by atoms with van der Waals surface area (Å²) < 4.78 is 35.4. The lowest BCUT2D eigenvalue weighted by Crippen LogP contribution is -2.21.